The van der Waals surface area contributed by atoms with Gasteiger partial charge in [0.15, 0.2) is 11.7 Å². The zero-order chi connectivity index (χ0) is 16.7. The molecule has 1 heterocycles. The standard InChI is InChI=1S/C17H28N4O2/c1-3-17(9-5-6-10-17)12-21-16(19-4-2)20-11-13-7-8-14(23-13)15(18)22/h7-8H,3-6,9-12H2,1-2H3,(H2,18,22)(H2,19,20,21). The molecule has 0 bridgehead atoms. The molecule has 128 valence electrons. The van der Waals surface area contributed by atoms with E-state index in [0.717, 1.165) is 19.0 Å². The summed E-state index contributed by atoms with van der Waals surface area (Å²) in [4.78, 5) is 15.6. The molecule has 1 aromatic heterocycles. The molecule has 1 aromatic rings. The molecule has 0 unspecified atom stereocenters. The summed E-state index contributed by atoms with van der Waals surface area (Å²) < 4.78 is 5.36. The quantitative estimate of drug-likeness (QED) is 0.531. The van der Waals surface area contributed by atoms with Gasteiger partial charge in [0, 0.05) is 13.1 Å². The van der Waals surface area contributed by atoms with Crippen LogP contribution >= 0.6 is 0 Å². The number of hydrogen-bond acceptors (Lipinski definition) is 3. The topological polar surface area (TPSA) is 92.6 Å². The summed E-state index contributed by atoms with van der Waals surface area (Å²) >= 11 is 0. The van der Waals surface area contributed by atoms with E-state index in [4.69, 9.17) is 10.2 Å². The molecule has 1 aliphatic carbocycles. The minimum atomic E-state index is -0.559. The summed E-state index contributed by atoms with van der Waals surface area (Å²) in [6, 6.07) is 3.32. The Morgan fingerprint density at radius 1 is 1.30 bits per heavy atom. The number of furan rings is 1. The zero-order valence-electron chi connectivity index (χ0n) is 14.2. The summed E-state index contributed by atoms with van der Waals surface area (Å²) in [5, 5.41) is 6.71. The molecule has 1 saturated carbocycles. The molecule has 1 fully saturated rings. The summed E-state index contributed by atoms with van der Waals surface area (Å²) in [5.74, 6) is 1.02. The van der Waals surface area contributed by atoms with Crippen LogP contribution in [0.25, 0.3) is 0 Å². The number of hydrogen-bond donors (Lipinski definition) is 3. The first kappa shape index (κ1) is 17.4. The first-order valence-corrected chi connectivity index (χ1v) is 8.49. The van der Waals surface area contributed by atoms with Gasteiger partial charge >= 0.3 is 0 Å². The molecule has 0 spiro atoms. The predicted octanol–water partition coefficient (Wildman–Crippen LogP) is 2.40. The van der Waals surface area contributed by atoms with Crippen molar-refractivity contribution >= 4 is 11.9 Å². The second kappa shape index (κ2) is 8.04. The average Bonchev–Trinajstić information content (AvgIpc) is 3.20. The van der Waals surface area contributed by atoms with Crippen LogP contribution < -0.4 is 16.4 Å². The Morgan fingerprint density at radius 2 is 2.04 bits per heavy atom. The highest BCUT2D eigenvalue weighted by Gasteiger charge is 2.31. The fourth-order valence-corrected chi connectivity index (χ4v) is 3.15. The Bertz CT molecular complexity index is 545. The summed E-state index contributed by atoms with van der Waals surface area (Å²) in [5.41, 5.74) is 5.59. The van der Waals surface area contributed by atoms with Gasteiger partial charge in [0.1, 0.15) is 12.3 Å². The molecule has 2 rings (SSSR count). The van der Waals surface area contributed by atoms with E-state index in [1.165, 1.54) is 32.1 Å². The van der Waals surface area contributed by atoms with Crippen molar-refractivity contribution in [2.24, 2.45) is 16.1 Å². The largest absolute Gasteiger partial charge is 0.454 e. The fourth-order valence-electron chi connectivity index (χ4n) is 3.15. The van der Waals surface area contributed by atoms with Crippen LogP contribution in [-0.2, 0) is 6.54 Å². The van der Waals surface area contributed by atoms with Crippen LogP contribution in [0.2, 0.25) is 0 Å². The zero-order valence-corrected chi connectivity index (χ0v) is 14.2. The maximum Gasteiger partial charge on any atom is 0.284 e. The smallest absolute Gasteiger partial charge is 0.284 e. The van der Waals surface area contributed by atoms with Crippen molar-refractivity contribution < 1.29 is 9.21 Å². The number of primary amides is 1. The number of nitrogens with two attached hydrogens (primary N) is 1. The van der Waals surface area contributed by atoms with Gasteiger partial charge in [0.25, 0.3) is 5.91 Å². The van der Waals surface area contributed by atoms with Gasteiger partial charge in [-0.15, -0.1) is 0 Å². The summed E-state index contributed by atoms with van der Waals surface area (Å²) in [7, 11) is 0. The molecule has 1 aliphatic rings. The van der Waals surface area contributed by atoms with Crippen LogP contribution in [0.1, 0.15) is 62.3 Å². The van der Waals surface area contributed by atoms with E-state index in [-0.39, 0.29) is 5.76 Å². The Morgan fingerprint density at radius 3 is 2.61 bits per heavy atom. The third-order valence-corrected chi connectivity index (χ3v) is 4.69. The van der Waals surface area contributed by atoms with E-state index in [1.54, 1.807) is 12.1 Å². The normalized spacial score (nSPS) is 17.2. The first-order valence-electron chi connectivity index (χ1n) is 8.49. The van der Waals surface area contributed by atoms with Crippen LogP contribution in [0.4, 0.5) is 0 Å². The second-order valence-electron chi connectivity index (χ2n) is 6.24. The van der Waals surface area contributed by atoms with E-state index in [9.17, 15) is 4.79 Å². The number of nitrogens with one attached hydrogen (secondary N) is 2. The van der Waals surface area contributed by atoms with E-state index in [0.29, 0.717) is 17.7 Å². The predicted molar refractivity (Wildman–Crippen MR) is 91.2 cm³/mol. The lowest BCUT2D eigenvalue weighted by Gasteiger charge is -2.28. The molecule has 6 nitrogen and oxygen atoms in total. The Labute approximate surface area is 137 Å². The van der Waals surface area contributed by atoms with E-state index in [2.05, 4.69) is 22.5 Å². The summed E-state index contributed by atoms with van der Waals surface area (Å²) in [6.45, 7) is 6.43. The van der Waals surface area contributed by atoms with Crippen molar-refractivity contribution in [3.05, 3.63) is 23.7 Å². The highest BCUT2D eigenvalue weighted by molar-refractivity contribution is 5.89. The number of aliphatic imine (C=N–C) groups is 1. The monoisotopic (exact) mass is 320 g/mol. The van der Waals surface area contributed by atoms with Gasteiger partial charge in [-0.1, -0.05) is 19.8 Å². The summed E-state index contributed by atoms with van der Waals surface area (Å²) in [6.07, 6.45) is 6.42. The van der Waals surface area contributed by atoms with Gasteiger partial charge in [0.2, 0.25) is 0 Å². The SMILES string of the molecule is CCNC(=NCc1ccc(C(N)=O)o1)NCC1(CC)CCCC1. The molecule has 0 saturated heterocycles. The lowest BCUT2D eigenvalue weighted by Crippen LogP contribution is -2.42. The van der Waals surface area contributed by atoms with E-state index < -0.39 is 5.91 Å². The van der Waals surface area contributed by atoms with Crippen LogP contribution in [0, 0.1) is 5.41 Å². The molecule has 4 N–H and O–H groups in total. The maximum atomic E-state index is 11.0. The van der Waals surface area contributed by atoms with E-state index >= 15 is 0 Å². The van der Waals surface area contributed by atoms with Gasteiger partial charge in [-0.25, -0.2) is 4.99 Å². The lowest BCUT2D eigenvalue weighted by atomic mass is 9.83. The lowest BCUT2D eigenvalue weighted by molar-refractivity contribution is 0.0972. The van der Waals surface area contributed by atoms with Crippen LogP contribution in [0.15, 0.2) is 21.5 Å². The number of guanidine groups is 1. The Hall–Kier alpha value is -1.98. The van der Waals surface area contributed by atoms with Gasteiger partial charge in [-0.3, -0.25) is 4.79 Å². The molecule has 1 amide bonds. The fraction of sp³-hybridized carbons (Fsp3) is 0.647. The third-order valence-electron chi connectivity index (χ3n) is 4.69. The number of carbonyl (C=O) groups excluding carboxylic acids is 1. The number of carbonyl (C=O) groups is 1. The van der Waals surface area contributed by atoms with Crippen molar-refractivity contribution in [3.63, 3.8) is 0 Å². The highest BCUT2D eigenvalue weighted by Crippen LogP contribution is 2.40. The molecular formula is C17H28N4O2. The Balaban J connectivity index is 1.94. The second-order valence-corrected chi connectivity index (χ2v) is 6.24. The van der Waals surface area contributed by atoms with Crippen LogP contribution in [0.3, 0.4) is 0 Å². The molecule has 0 radical (unpaired) electrons. The molecule has 6 heteroatoms. The van der Waals surface area contributed by atoms with E-state index in [1.807, 2.05) is 6.92 Å². The average molecular weight is 320 g/mol. The van der Waals surface area contributed by atoms with Gasteiger partial charge in [-0.05, 0) is 43.7 Å². The van der Waals surface area contributed by atoms with Gasteiger partial charge in [0.05, 0.1) is 0 Å². The molecular weight excluding hydrogens is 292 g/mol. The highest BCUT2D eigenvalue weighted by atomic mass is 16.3. The van der Waals surface area contributed by atoms with Crippen molar-refractivity contribution in [3.8, 4) is 0 Å². The molecule has 0 aliphatic heterocycles. The van der Waals surface area contributed by atoms with Crippen LogP contribution in [0.5, 0.6) is 0 Å². The van der Waals surface area contributed by atoms with Crippen LogP contribution in [-0.4, -0.2) is 25.0 Å². The first-order chi connectivity index (χ1) is 11.1. The number of amides is 1. The minimum Gasteiger partial charge on any atom is -0.454 e. The van der Waals surface area contributed by atoms with Crippen molar-refractivity contribution in [1.82, 2.24) is 10.6 Å². The van der Waals surface area contributed by atoms with Crippen molar-refractivity contribution in [1.29, 1.82) is 0 Å². The maximum absolute atomic E-state index is 11.0. The molecule has 0 atom stereocenters. The van der Waals surface area contributed by atoms with Crippen molar-refractivity contribution in [2.75, 3.05) is 13.1 Å². The molecule has 23 heavy (non-hydrogen) atoms. The third kappa shape index (κ3) is 4.74. The van der Waals surface area contributed by atoms with Gasteiger partial charge in [-0.2, -0.15) is 0 Å². The van der Waals surface area contributed by atoms with Gasteiger partial charge < -0.3 is 20.8 Å². The van der Waals surface area contributed by atoms with Crippen molar-refractivity contribution in [2.45, 2.75) is 52.5 Å². The Kier molecular flexibility index (Phi) is 6.07. The molecule has 0 aromatic carbocycles. The number of rotatable bonds is 7. The minimum absolute atomic E-state index is 0.170. The number of nitrogens with zero attached hydrogens (tertiary/aromatic N) is 1.